The fourth-order valence-electron chi connectivity index (χ4n) is 5.31. The van der Waals surface area contributed by atoms with Crippen LogP contribution in [0.4, 0.5) is 4.39 Å². The monoisotopic (exact) mass is 345 g/mol. The highest BCUT2D eigenvalue weighted by Crippen LogP contribution is 2.50. The molecule has 0 unspecified atom stereocenters. The van der Waals surface area contributed by atoms with Crippen molar-refractivity contribution in [3.05, 3.63) is 35.1 Å². The van der Waals surface area contributed by atoms with Crippen LogP contribution in [0.25, 0.3) is 0 Å². The number of rotatable bonds is 2. The van der Waals surface area contributed by atoms with Gasteiger partial charge in [-0.1, -0.05) is 6.07 Å². The van der Waals surface area contributed by atoms with Crippen molar-refractivity contribution in [3.63, 3.8) is 0 Å². The Morgan fingerprint density at radius 3 is 2.44 bits per heavy atom. The second-order valence-electron chi connectivity index (χ2n) is 9.07. The molecule has 1 N–H and O–H groups in total. The van der Waals surface area contributed by atoms with E-state index in [4.69, 9.17) is 0 Å². The molecule has 1 spiro atoms. The zero-order valence-corrected chi connectivity index (χ0v) is 15.2. The average Bonchev–Trinajstić information content (AvgIpc) is 2.50. The van der Waals surface area contributed by atoms with E-state index in [9.17, 15) is 14.3 Å². The van der Waals surface area contributed by atoms with Crippen LogP contribution in [0.2, 0.25) is 0 Å². The number of amides is 1. The van der Waals surface area contributed by atoms with Crippen LogP contribution in [-0.4, -0.2) is 34.6 Å². The maximum absolute atomic E-state index is 13.3. The Morgan fingerprint density at radius 2 is 1.88 bits per heavy atom. The zero-order valence-electron chi connectivity index (χ0n) is 15.2. The molecule has 3 aliphatic rings. The van der Waals surface area contributed by atoms with E-state index in [1.54, 1.807) is 12.1 Å². The molecule has 25 heavy (non-hydrogen) atoms. The van der Waals surface area contributed by atoms with Gasteiger partial charge >= 0.3 is 0 Å². The van der Waals surface area contributed by atoms with Crippen molar-refractivity contribution < 1.29 is 14.3 Å². The lowest BCUT2D eigenvalue weighted by molar-refractivity contribution is -0.163. The van der Waals surface area contributed by atoms with Crippen molar-refractivity contribution in [2.45, 2.75) is 63.9 Å². The zero-order chi connectivity index (χ0) is 17.8. The third kappa shape index (κ3) is 3.10. The van der Waals surface area contributed by atoms with Crippen LogP contribution in [0.15, 0.2) is 18.2 Å². The van der Waals surface area contributed by atoms with Gasteiger partial charge in [0.2, 0.25) is 5.91 Å². The molecule has 3 nitrogen and oxygen atoms in total. The van der Waals surface area contributed by atoms with Gasteiger partial charge in [-0.25, -0.2) is 4.39 Å². The molecular formula is C21H28FNO2. The van der Waals surface area contributed by atoms with Gasteiger partial charge in [0.15, 0.2) is 0 Å². The van der Waals surface area contributed by atoms with Crippen LogP contribution in [0.5, 0.6) is 0 Å². The lowest BCUT2D eigenvalue weighted by Crippen LogP contribution is -2.62. The molecule has 0 radical (unpaired) electrons. The first-order valence-electron chi connectivity index (χ1n) is 9.54. The van der Waals surface area contributed by atoms with Crippen molar-refractivity contribution in [1.29, 1.82) is 0 Å². The molecule has 1 aromatic rings. The quantitative estimate of drug-likeness (QED) is 0.886. The van der Waals surface area contributed by atoms with E-state index in [-0.39, 0.29) is 17.6 Å². The second-order valence-corrected chi connectivity index (χ2v) is 9.07. The van der Waals surface area contributed by atoms with Gasteiger partial charge in [0.1, 0.15) is 5.82 Å². The number of likely N-dealkylation sites (tertiary alicyclic amines) is 1. The molecule has 2 saturated carbocycles. The van der Waals surface area contributed by atoms with E-state index in [1.807, 2.05) is 24.8 Å². The highest BCUT2D eigenvalue weighted by molar-refractivity contribution is 5.81. The first-order valence-corrected chi connectivity index (χ1v) is 9.54. The minimum absolute atomic E-state index is 0.0329. The van der Waals surface area contributed by atoms with Crippen LogP contribution in [0.1, 0.15) is 62.5 Å². The Balaban J connectivity index is 1.31. The van der Waals surface area contributed by atoms with E-state index in [1.165, 1.54) is 5.56 Å². The molecule has 136 valence electrons. The summed E-state index contributed by atoms with van der Waals surface area (Å²) in [6, 6.07) is 5.16. The van der Waals surface area contributed by atoms with Crippen molar-refractivity contribution in [3.8, 4) is 0 Å². The highest BCUT2D eigenvalue weighted by atomic mass is 19.1. The van der Waals surface area contributed by atoms with E-state index in [0.717, 1.165) is 44.3 Å². The largest absolute Gasteiger partial charge is 0.390 e. The molecule has 1 heterocycles. The fourth-order valence-corrected chi connectivity index (χ4v) is 5.31. The second kappa shape index (κ2) is 5.80. The van der Waals surface area contributed by atoms with E-state index < -0.39 is 5.60 Å². The molecule has 2 aliphatic carbocycles. The van der Waals surface area contributed by atoms with Crippen LogP contribution in [-0.2, 0) is 4.79 Å². The van der Waals surface area contributed by atoms with Crippen molar-refractivity contribution in [2.75, 3.05) is 13.1 Å². The van der Waals surface area contributed by atoms with Crippen LogP contribution in [0.3, 0.4) is 0 Å². The molecule has 3 fully saturated rings. The summed E-state index contributed by atoms with van der Waals surface area (Å²) in [5, 5.41) is 9.83. The topological polar surface area (TPSA) is 40.5 Å². The SMILES string of the molecule is Cc1cc(F)ccc1C1CCC2(CC1)CN(C(=O)[C@H]1C[C@@](C)(O)C1)C2. The summed E-state index contributed by atoms with van der Waals surface area (Å²) in [4.78, 5) is 14.5. The number of carbonyl (C=O) groups excluding carboxylic acids is 1. The Bertz CT molecular complexity index is 675. The number of hydrogen-bond donors (Lipinski definition) is 1. The van der Waals surface area contributed by atoms with Gasteiger partial charge in [0.25, 0.3) is 0 Å². The van der Waals surface area contributed by atoms with Gasteiger partial charge in [0, 0.05) is 24.4 Å². The third-order valence-corrected chi connectivity index (χ3v) is 6.80. The van der Waals surface area contributed by atoms with E-state index >= 15 is 0 Å². The summed E-state index contributed by atoms with van der Waals surface area (Å²) < 4.78 is 13.3. The maximum Gasteiger partial charge on any atom is 0.225 e. The minimum atomic E-state index is -0.631. The minimum Gasteiger partial charge on any atom is -0.390 e. The smallest absolute Gasteiger partial charge is 0.225 e. The van der Waals surface area contributed by atoms with Crippen molar-refractivity contribution in [2.24, 2.45) is 11.3 Å². The lowest BCUT2D eigenvalue weighted by atomic mass is 9.63. The van der Waals surface area contributed by atoms with Gasteiger partial charge in [0.05, 0.1) is 5.60 Å². The fraction of sp³-hybridized carbons (Fsp3) is 0.667. The Labute approximate surface area is 149 Å². The lowest BCUT2D eigenvalue weighted by Gasteiger charge is -2.55. The van der Waals surface area contributed by atoms with Crippen molar-refractivity contribution in [1.82, 2.24) is 4.90 Å². The summed E-state index contributed by atoms with van der Waals surface area (Å²) in [5.41, 5.74) is 2.03. The Hall–Kier alpha value is -1.42. The molecular weight excluding hydrogens is 317 g/mol. The van der Waals surface area contributed by atoms with Crippen molar-refractivity contribution >= 4 is 5.91 Å². The van der Waals surface area contributed by atoms with E-state index in [2.05, 4.69) is 0 Å². The number of halogens is 1. The van der Waals surface area contributed by atoms with Gasteiger partial charge in [-0.05, 0) is 81.5 Å². The van der Waals surface area contributed by atoms with Crippen LogP contribution < -0.4 is 0 Å². The summed E-state index contributed by atoms with van der Waals surface area (Å²) >= 11 is 0. The Kier molecular flexibility index (Phi) is 3.95. The number of aryl methyl sites for hydroxylation is 1. The maximum atomic E-state index is 13.3. The Morgan fingerprint density at radius 1 is 1.24 bits per heavy atom. The standard InChI is InChI=1S/C21H28FNO2/c1-14-9-17(22)3-4-18(14)15-5-7-21(8-6-15)12-23(13-21)19(24)16-10-20(2,25)11-16/h3-4,9,15-16,25H,5-8,10-13H2,1-2H3/t16-,20+. The van der Waals surface area contributed by atoms with Gasteiger partial charge in [-0.15, -0.1) is 0 Å². The normalized spacial score (nSPS) is 31.5. The summed E-state index contributed by atoms with van der Waals surface area (Å²) in [6.45, 7) is 5.59. The van der Waals surface area contributed by atoms with Gasteiger partial charge < -0.3 is 10.0 Å². The highest BCUT2D eigenvalue weighted by Gasteiger charge is 2.51. The molecule has 0 bridgehead atoms. The van der Waals surface area contributed by atoms with Gasteiger partial charge in [-0.3, -0.25) is 4.79 Å². The molecule has 0 aromatic heterocycles. The van der Waals surface area contributed by atoms with E-state index in [0.29, 0.717) is 24.2 Å². The number of carbonyl (C=O) groups is 1. The molecule has 0 atom stereocenters. The summed E-state index contributed by atoms with van der Waals surface area (Å²) in [6.07, 6.45) is 5.79. The van der Waals surface area contributed by atoms with Crippen LogP contribution in [0, 0.1) is 24.1 Å². The summed E-state index contributed by atoms with van der Waals surface area (Å²) in [5.74, 6) is 0.647. The predicted octanol–water partition coefficient (Wildman–Crippen LogP) is 3.78. The van der Waals surface area contributed by atoms with Gasteiger partial charge in [-0.2, -0.15) is 0 Å². The summed E-state index contributed by atoms with van der Waals surface area (Å²) in [7, 11) is 0. The average molecular weight is 345 g/mol. The molecule has 1 amide bonds. The molecule has 1 saturated heterocycles. The molecule has 4 rings (SSSR count). The third-order valence-electron chi connectivity index (χ3n) is 6.80. The number of aliphatic hydroxyl groups is 1. The molecule has 4 heteroatoms. The molecule has 1 aliphatic heterocycles. The number of nitrogens with zero attached hydrogens (tertiary/aromatic N) is 1. The number of hydrogen-bond acceptors (Lipinski definition) is 2. The molecule has 1 aromatic carbocycles. The predicted molar refractivity (Wildman–Crippen MR) is 94.7 cm³/mol. The first-order chi connectivity index (χ1) is 11.8. The number of benzene rings is 1. The van der Waals surface area contributed by atoms with Crippen LogP contribution >= 0.6 is 0 Å². The first kappa shape index (κ1) is 17.0.